The molecule has 0 spiro atoms. The van der Waals surface area contributed by atoms with E-state index in [4.69, 9.17) is 5.11 Å². The fourth-order valence-electron chi connectivity index (χ4n) is 2.40. The summed E-state index contributed by atoms with van der Waals surface area (Å²) in [5.41, 5.74) is 2.15. The molecule has 1 aromatic rings. The van der Waals surface area contributed by atoms with Crippen LogP contribution in [0.3, 0.4) is 0 Å². The van der Waals surface area contributed by atoms with Crippen molar-refractivity contribution < 1.29 is 19.5 Å². The second kappa shape index (κ2) is 6.39. The van der Waals surface area contributed by atoms with Crippen molar-refractivity contribution >= 4 is 17.8 Å². The standard InChI is InChI=1S/C15H18N2O4/c1-10-4-2-3-5-11(10)6-7-14(19)17-9-13(18)16-8-12(17)15(20)21/h2-5,12H,6-9H2,1H3,(H,16,18)(H,20,21). The average Bonchev–Trinajstić information content (AvgIpc) is 2.45. The number of carboxylic acid groups (broad SMARTS) is 1. The maximum absolute atomic E-state index is 12.2. The number of hydrogen-bond acceptors (Lipinski definition) is 3. The van der Waals surface area contributed by atoms with Gasteiger partial charge in [0.05, 0.1) is 0 Å². The molecular weight excluding hydrogens is 272 g/mol. The predicted molar refractivity (Wildman–Crippen MR) is 75.6 cm³/mol. The van der Waals surface area contributed by atoms with Crippen LogP contribution in [0.4, 0.5) is 0 Å². The molecule has 1 fully saturated rings. The van der Waals surface area contributed by atoms with Crippen molar-refractivity contribution in [2.75, 3.05) is 13.1 Å². The quantitative estimate of drug-likeness (QED) is 0.837. The normalized spacial score (nSPS) is 18.2. The second-order valence-corrected chi connectivity index (χ2v) is 5.11. The average molecular weight is 290 g/mol. The van der Waals surface area contributed by atoms with Gasteiger partial charge in [0.15, 0.2) is 0 Å². The lowest BCUT2D eigenvalue weighted by molar-refractivity contribution is -0.154. The molecule has 1 unspecified atom stereocenters. The van der Waals surface area contributed by atoms with Gasteiger partial charge in [-0.3, -0.25) is 9.59 Å². The van der Waals surface area contributed by atoms with Crippen LogP contribution in [-0.4, -0.2) is 46.9 Å². The highest BCUT2D eigenvalue weighted by Crippen LogP contribution is 2.13. The number of carboxylic acids is 1. The maximum Gasteiger partial charge on any atom is 0.328 e. The Labute approximate surface area is 122 Å². The van der Waals surface area contributed by atoms with Crippen LogP contribution in [0.5, 0.6) is 0 Å². The number of carbonyl (C=O) groups excluding carboxylic acids is 2. The van der Waals surface area contributed by atoms with Crippen LogP contribution in [0.2, 0.25) is 0 Å². The van der Waals surface area contributed by atoms with Crippen molar-refractivity contribution in [3.8, 4) is 0 Å². The number of carbonyl (C=O) groups is 3. The third kappa shape index (κ3) is 3.59. The van der Waals surface area contributed by atoms with E-state index < -0.39 is 12.0 Å². The summed E-state index contributed by atoms with van der Waals surface area (Å²) in [4.78, 5) is 35.9. The van der Waals surface area contributed by atoms with Crippen LogP contribution in [0.1, 0.15) is 17.5 Å². The van der Waals surface area contributed by atoms with Crippen LogP contribution in [-0.2, 0) is 20.8 Å². The largest absolute Gasteiger partial charge is 0.480 e. The van der Waals surface area contributed by atoms with E-state index in [1.807, 2.05) is 31.2 Å². The zero-order valence-corrected chi connectivity index (χ0v) is 11.8. The molecule has 0 aromatic heterocycles. The molecule has 1 aliphatic rings. The molecule has 112 valence electrons. The van der Waals surface area contributed by atoms with Crippen molar-refractivity contribution in [3.63, 3.8) is 0 Å². The number of piperazine rings is 1. The Hall–Kier alpha value is -2.37. The maximum atomic E-state index is 12.2. The summed E-state index contributed by atoms with van der Waals surface area (Å²) in [6.07, 6.45) is 0.734. The molecular formula is C15H18N2O4. The summed E-state index contributed by atoms with van der Waals surface area (Å²) >= 11 is 0. The van der Waals surface area contributed by atoms with Crippen LogP contribution in [0, 0.1) is 6.92 Å². The minimum absolute atomic E-state index is 0.0374. The van der Waals surface area contributed by atoms with E-state index in [0.717, 1.165) is 16.0 Å². The molecule has 0 radical (unpaired) electrons. The molecule has 1 aliphatic heterocycles. The van der Waals surface area contributed by atoms with E-state index in [9.17, 15) is 14.4 Å². The number of hydrogen-bond donors (Lipinski definition) is 2. The molecule has 1 saturated heterocycles. The van der Waals surface area contributed by atoms with Crippen LogP contribution in [0.15, 0.2) is 24.3 Å². The predicted octanol–water partition coefficient (Wildman–Crippen LogP) is 0.339. The van der Waals surface area contributed by atoms with Crippen LogP contribution in [0.25, 0.3) is 0 Å². The summed E-state index contributed by atoms with van der Waals surface area (Å²) in [6.45, 7) is 1.74. The number of benzene rings is 1. The number of amides is 2. The van der Waals surface area contributed by atoms with Gasteiger partial charge in [-0.2, -0.15) is 0 Å². The first-order valence-electron chi connectivity index (χ1n) is 6.82. The lowest BCUT2D eigenvalue weighted by Crippen LogP contribution is -2.59. The van der Waals surface area contributed by atoms with E-state index in [-0.39, 0.29) is 31.3 Å². The Morgan fingerprint density at radius 1 is 1.38 bits per heavy atom. The monoisotopic (exact) mass is 290 g/mol. The first-order chi connectivity index (χ1) is 9.99. The molecule has 0 saturated carbocycles. The van der Waals surface area contributed by atoms with Gasteiger partial charge in [-0.15, -0.1) is 0 Å². The van der Waals surface area contributed by atoms with Crippen molar-refractivity contribution in [2.24, 2.45) is 0 Å². The summed E-state index contributed by atoms with van der Waals surface area (Å²) in [5, 5.41) is 11.6. The van der Waals surface area contributed by atoms with Gasteiger partial charge in [-0.05, 0) is 24.5 Å². The number of aryl methyl sites for hydroxylation is 2. The summed E-state index contributed by atoms with van der Waals surface area (Å²) < 4.78 is 0. The van der Waals surface area contributed by atoms with Gasteiger partial charge in [0, 0.05) is 13.0 Å². The van der Waals surface area contributed by atoms with Gasteiger partial charge in [0.1, 0.15) is 12.6 Å². The molecule has 6 nitrogen and oxygen atoms in total. The van der Waals surface area contributed by atoms with Crippen molar-refractivity contribution in [1.82, 2.24) is 10.2 Å². The van der Waals surface area contributed by atoms with Crippen molar-refractivity contribution in [1.29, 1.82) is 0 Å². The third-order valence-electron chi connectivity index (χ3n) is 3.66. The lowest BCUT2D eigenvalue weighted by atomic mass is 10.0. The van der Waals surface area contributed by atoms with Gasteiger partial charge in [-0.25, -0.2) is 4.79 Å². The Balaban J connectivity index is 2.02. The zero-order valence-electron chi connectivity index (χ0n) is 11.8. The summed E-state index contributed by atoms with van der Waals surface area (Å²) in [7, 11) is 0. The van der Waals surface area contributed by atoms with E-state index >= 15 is 0 Å². The molecule has 2 rings (SSSR count). The van der Waals surface area contributed by atoms with Gasteiger partial charge >= 0.3 is 5.97 Å². The van der Waals surface area contributed by atoms with E-state index in [0.29, 0.717) is 6.42 Å². The Kier molecular flexibility index (Phi) is 4.57. The zero-order chi connectivity index (χ0) is 15.4. The number of nitrogens with zero attached hydrogens (tertiary/aromatic N) is 1. The molecule has 0 bridgehead atoms. The SMILES string of the molecule is Cc1ccccc1CCC(=O)N1CC(=O)NCC1C(=O)O. The number of rotatable bonds is 4. The first kappa shape index (κ1) is 15.0. The highest BCUT2D eigenvalue weighted by atomic mass is 16.4. The molecule has 1 heterocycles. The second-order valence-electron chi connectivity index (χ2n) is 5.11. The van der Waals surface area contributed by atoms with Crippen LogP contribution < -0.4 is 5.32 Å². The summed E-state index contributed by atoms with van der Waals surface area (Å²) in [6, 6.07) is 6.76. The summed E-state index contributed by atoms with van der Waals surface area (Å²) in [5.74, 6) is -1.73. The fraction of sp³-hybridized carbons (Fsp3) is 0.400. The Bertz CT molecular complexity index is 571. The van der Waals surface area contributed by atoms with Crippen molar-refractivity contribution in [3.05, 3.63) is 35.4 Å². The lowest BCUT2D eigenvalue weighted by Gasteiger charge is -2.32. The molecule has 1 atom stereocenters. The minimum atomic E-state index is -1.10. The molecule has 2 N–H and O–H groups in total. The van der Waals surface area contributed by atoms with E-state index in [1.165, 1.54) is 0 Å². The molecule has 6 heteroatoms. The van der Waals surface area contributed by atoms with Crippen molar-refractivity contribution in [2.45, 2.75) is 25.8 Å². The highest BCUT2D eigenvalue weighted by Gasteiger charge is 2.34. The minimum Gasteiger partial charge on any atom is -0.480 e. The topological polar surface area (TPSA) is 86.7 Å². The Morgan fingerprint density at radius 2 is 2.10 bits per heavy atom. The molecule has 2 amide bonds. The smallest absolute Gasteiger partial charge is 0.328 e. The van der Waals surface area contributed by atoms with Gasteiger partial charge in [0.2, 0.25) is 11.8 Å². The molecule has 0 aliphatic carbocycles. The van der Waals surface area contributed by atoms with Gasteiger partial charge in [0.25, 0.3) is 0 Å². The van der Waals surface area contributed by atoms with Crippen LogP contribution >= 0.6 is 0 Å². The fourth-order valence-corrected chi connectivity index (χ4v) is 2.40. The first-order valence-corrected chi connectivity index (χ1v) is 6.82. The highest BCUT2D eigenvalue weighted by molar-refractivity contribution is 5.91. The van der Waals surface area contributed by atoms with E-state index in [1.54, 1.807) is 0 Å². The number of nitrogens with one attached hydrogen (secondary N) is 1. The number of aliphatic carboxylic acids is 1. The third-order valence-corrected chi connectivity index (χ3v) is 3.66. The van der Waals surface area contributed by atoms with Gasteiger partial charge in [-0.1, -0.05) is 24.3 Å². The molecule has 1 aromatic carbocycles. The van der Waals surface area contributed by atoms with E-state index in [2.05, 4.69) is 5.32 Å². The Morgan fingerprint density at radius 3 is 2.76 bits per heavy atom. The van der Waals surface area contributed by atoms with Gasteiger partial charge < -0.3 is 15.3 Å². The molecule has 21 heavy (non-hydrogen) atoms.